The molecule has 0 spiro atoms. The van der Waals surface area contributed by atoms with Gasteiger partial charge in [-0.2, -0.15) is 0 Å². The lowest BCUT2D eigenvalue weighted by Gasteiger charge is -2.47. The van der Waals surface area contributed by atoms with E-state index < -0.39 is 16.6 Å². The molecule has 0 saturated heterocycles. The molecule has 184 valence electrons. The van der Waals surface area contributed by atoms with Gasteiger partial charge in [-0.25, -0.2) is 0 Å². The first-order valence-electron chi connectivity index (χ1n) is 13.6. The SMILES string of the molecule is C[Si](C)(C)OCCC(CCO[Si](C)(C)C)(C1CCC2CC=CC=C21)C1CCC2CC=CC=C21. The van der Waals surface area contributed by atoms with Crippen molar-refractivity contribution in [2.24, 2.45) is 29.1 Å². The molecule has 2 fully saturated rings. The Bertz CT molecular complexity index is 740. The van der Waals surface area contributed by atoms with Crippen LogP contribution >= 0.6 is 0 Å². The van der Waals surface area contributed by atoms with Crippen LogP contribution < -0.4 is 0 Å². The Hall–Kier alpha value is -0.686. The molecule has 0 aromatic rings. The average Bonchev–Trinajstić information content (AvgIpc) is 3.36. The highest BCUT2D eigenvalue weighted by Gasteiger charge is 2.52. The van der Waals surface area contributed by atoms with Crippen LogP contribution in [0.3, 0.4) is 0 Å². The van der Waals surface area contributed by atoms with Gasteiger partial charge in [-0.3, -0.25) is 0 Å². The second-order valence-electron chi connectivity index (χ2n) is 13.0. The Morgan fingerprint density at radius 1 is 0.697 bits per heavy atom. The van der Waals surface area contributed by atoms with Crippen LogP contribution in [0.25, 0.3) is 0 Å². The molecule has 0 aromatic carbocycles. The van der Waals surface area contributed by atoms with Gasteiger partial charge in [-0.15, -0.1) is 0 Å². The number of hydrogen-bond donors (Lipinski definition) is 0. The first kappa shape index (κ1) is 25.4. The Labute approximate surface area is 205 Å². The molecule has 33 heavy (non-hydrogen) atoms. The largest absolute Gasteiger partial charge is 0.418 e. The lowest BCUT2D eigenvalue weighted by Crippen LogP contribution is -2.42. The van der Waals surface area contributed by atoms with E-state index in [2.05, 4.69) is 75.7 Å². The van der Waals surface area contributed by atoms with Crippen LogP contribution in [0.5, 0.6) is 0 Å². The first-order chi connectivity index (χ1) is 15.6. The quantitative estimate of drug-likeness (QED) is 0.290. The molecule has 4 aliphatic carbocycles. The van der Waals surface area contributed by atoms with Gasteiger partial charge in [-0.1, -0.05) is 47.6 Å². The molecule has 4 atom stereocenters. The van der Waals surface area contributed by atoms with Crippen molar-refractivity contribution in [2.75, 3.05) is 13.2 Å². The van der Waals surface area contributed by atoms with E-state index in [1.165, 1.54) is 51.4 Å². The minimum atomic E-state index is -1.54. The summed E-state index contributed by atoms with van der Waals surface area (Å²) in [4.78, 5) is 0. The van der Waals surface area contributed by atoms with Gasteiger partial charge < -0.3 is 8.85 Å². The van der Waals surface area contributed by atoms with E-state index in [1.807, 2.05) is 0 Å². The van der Waals surface area contributed by atoms with Gasteiger partial charge in [0.2, 0.25) is 0 Å². The number of allylic oxidation sites excluding steroid dienone is 8. The van der Waals surface area contributed by atoms with Gasteiger partial charge in [0.05, 0.1) is 0 Å². The van der Waals surface area contributed by atoms with Crippen molar-refractivity contribution in [3.63, 3.8) is 0 Å². The van der Waals surface area contributed by atoms with Gasteiger partial charge in [0.25, 0.3) is 0 Å². The molecule has 4 heteroatoms. The predicted molar refractivity (Wildman–Crippen MR) is 146 cm³/mol. The Morgan fingerprint density at radius 3 is 1.52 bits per heavy atom. The van der Waals surface area contributed by atoms with Crippen LogP contribution in [-0.2, 0) is 8.85 Å². The highest BCUT2D eigenvalue weighted by Crippen LogP contribution is 2.61. The molecule has 0 bridgehead atoms. The fourth-order valence-corrected chi connectivity index (χ4v) is 8.65. The maximum atomic E-state index is 6.56. The smallest absolute Gasteiger partial charge is 0.183 e. The Balaban J connectivity index is 1.71. The van der Waals surface area contributed by atoms with Crippen LogP contribution in [0, 0.1) is 29.1 Å². The Kier molecular flexibility index (Phi) is 7.79. The lowest BCUT2D eigenvalue weighted by atomic mass is 9.58. The van der Waals surface area contributed by atoms with Gasteiger partial charge in [0.1, 0.15) is 0 Å². The third-order valence-corrected chi connectivity index (χ3v) is 10.8. The molecule has 2 nitrogen and oxygen atoms in total. The van der Waals surface area contributed by atoms with Crippen molar-refractivity contribution in [3.05, 3.63) is 47.6 Å². The third kappa shape index (κ3) is 5.94. The number of rotatable bonds is 10. The molecule has 0 radical (unpaired) electrons. The van der Waals surface area contributed by atoms with E-state index in [0.29, 0.717) is 11.8 Å². The fourth-order valence-electron chi connectivity index (χ4n) is 7.23. The van der Waals surface area contributed by atoms with Gasteiger partial charge in [-0.05, 0) is 120 Å². The predicted octanol–water partition coefficient (Wildman–Crippen LogP) is 8.28. The third-order valence-electron chi connectivity index (χ3n) is 8.64. The summed E-state index contributed by atoms with van der Waals surface area (Å²) in [6, 6.07) is 0. The van der Waals surface area contributed by atoms with E-state index in [0.717, 1.165) is 25.0 Å². The lowest BCUT2D eigenvalue weighted by molar-refractivity contribution is 0.0494. The molecule has 4 aliphatic rings. The zero-order chi connectivity index (χ0) is 23.7. The standard InChI is InChI=1S/C29H48O2Si2/c1-32(2,3)30-21-19-29(20-22-31-33(4,5)6,27-17-15-23-11-7-9-13-25(23)27)28-18-16-24-12-8-10-14-26(24)28/h7-10,13-14,23-24,27-28H,11-12,15-22H2,1-6H3. The van der Waals surface area contributed by atoms with Crippen molar-refractivity contribution < 1.29 is 8.85 Å². The molecule has 0 amide bonds. The summed E-state index contributed by atoms with van der Waals surface area (Å²) in [5.74, 6) is 2.90. The molecule has 4 unspecified atom stereocenters. The normalized spacial score (nSPS) is 29.6. The van der Waals surface area contributed by atoms with Gasteiger partial charge >= 0.3 is 0 Å². The molecule has 0 aliphatic heterocycles. The summed E-state index contributed by atoms with van der Waals surface area (Å²) in [5, 5.41) is 0. The van der Waals surface area contributed by atoms with E-state index >= 15 is 0 Å². The van der Waals surface area contributed by atoms with Crippen LogP contribution in [0.15, 0.2) is 47.6 Å². The number of hydrogen-bond acceptors (Lipinski definition) is 2. The monoisotopic (exact) mass is 484 g/mol. The maximum Gasteiger partial charge on any atom is 0.183 e. The highest BCUT2D eigenvalue weighted by molar-refractivity contribution is 6.70. The minimum Gasteiger partial charge on any atom is -0.418 e. The maximum absolute atomic E-state index is 6.56. The van der Waals surface area contributed by atoms with Crippen molar-refractivity contribution in [1.29, 1.82) is 0 Å². The van der Waals surface area contributed by atoms with E-state index in [4.69, 9.17) is 8.85 Å². The minimum absolute atomic E-state index is 0.261. The van der Waals surface area contributed by atoms with E-state index in [9.17, 15) is 0 Å². The van der Waals surface area contributed by atoms with Crippen LogP contribution in [0.1, 0.15) is 51.4 Å². The molecule has 0 N–H and O–H groups in total. The van der Waals surface area contributed by atoms with E-state index in [1.54, 1.807) is 11.1 Å². The van der Waals surface area contributed by atoms with Crippen LogP contribution in [0.2, 0.25) is 39.3 Å². The van der Waals surface area contributed by atoms with Gasteiger partial charge in [0, 0.05) is 13.2 Å². The first-order valence-corrected chi connectivity index (χ1v) is 20.4. The molecule has 4 rings (SSSR count). The second-order valence-corrected chi connectivity index (χ2v) is 22.0. The van der Waals surface area contributed by atoms with Crippen LogP contribution in [0.4, 0.5) is 0 Å². The summed E-state index contributed by atoms with van der Waals surface area (Å²) >= 11 is 0. The number of fused-ring (bicyclic) bond motifs is 2. The summed E-state index contributed by atoms with van der Waals surface area (Å²) in [5.41, 5.74) is 3.78. The molecule has 2 saturated carbocycles. The fraction of sp³-hybridized carbons (Fsp3) is 0.724. The average molecular weight is 485 g/mol. The zero-order valence-electron chi connectivity index (χ0n) is 22.2. The van der Waals surface area contributed by atoms with Crippen molar-refractivity contribution in [3.8, 4) is 0 Å². The zero-order valence-corrected chi connectivity index (χ0v) is 24.2. The Morgan fingerprint density at radius 2 is 1.12 bits per heavy atom. The summed E-state index contributed by atoms with van der Waals surface area (Å²) in [6.45, 7) is 15.8. The van der Waals surface area contributed by atoms with Crippen molar-refractivity contribution in [2.45, 2.75) is 90.6 Å². The van der Waals surface area contributed by atoms with Crippen molar-refractivity contribution >= 4 is 16.6 Å². The second kappa shape index (κ2) is 10.1. The van der Waals surface area contributed by atoms with E-state index in [-0.39, 0.29) is 5.41 Å². The molecule has 0 aromatic heterocycles. The summed E-state index contributed by atoms with van der Waals surface area (Å²) < 4.78 is 13.1. The summed E-state index contributed by atoms with van der Waals surface area (Å²) in [6.07, 6.45) is 24.7. The van der Waals surface area contributed by atoms with Crippen LogP contribution in [-0.4, -0.2) is 29.8 Å². The molecule has 0 heterocycles. The topological polar surface area (TPSA) is 18.5 Å². The molecular formula is C29H48O2Si2. The highest BCUT2D eigenvalue weighted by atomic mass is 28.4. The molecular weight excluding hydrogens is 436 g/mol. The van der Waals surface area contributed by atoms with Gasteiger partial charge in [0.15, 0.2) is 16.6 Å². The van der Waals surface area contributed by atoms with Crippen molar-refractivity contribution in [1.82, 2.24) is 0 Å². The summed E-state index contributed by atoms with van der Waals surface area (Å²) in [7, 11) is -3.08.